The third kappa shape index (κ3) is 4.01. The number of amides is 1. The maximum atomic E-state index is 15.1. The minimum Gasteiger partial charge on any atom is -0.454 e. The maximum absolute atomic E-state index is 15.1. The summed E-state index contributed by atoms with van der Waals surface area (Å²) in [5.74, 6) is 3.31. The Morgan fingerprint density at radius 2 is 1.49 bits per heavy atom. The van der Waals surface area contributed by atoms with Crippen LogP contribution in [0.25, 0.3) is 0 Å². The number of nitrogens with two attached hydrogens (primary N) is 1. The number of fused-ring (bicyclic) bond motifs is 5. The molecule has 3 aromatic carbocycles. The first-order valence-corrected chi connectivity index (χ1v) is 15.2. The second-order valence-corrected chi connectivity index (χ2v) is 12.6. The smallest absolute Gasteiger partial charge is 0.231 e. The van der Waals surface area contributed by atoms with Gasteiger partial charge in [0.1, 0.15) is 5.84 Å². The van der Waals surface area contributed by atoms with Gasteiger partial charge in [-0.15, -0.1) is 0 Å². The van der Waals surface area contributed by atoms with Gasteiger partial charge in [0.25, 0.3) is 0 Å². The minimum absolute atomic E-state index is 0.0218. The third-order valence-corrected chi connectivity index (χ3v) is 10.1. The predicted octanol–water partition coefficient (Wildman–Crippen LogP) is 4.84. The lowest BCUT2D eigenvalue weighted by molar-refractivity contribution is -0.135. The summed E-state index contributed by atoms with van der Waals surface area (Å²) in [6, 6.07) is 20.0. The lowest BCUT2D eigenvalue weighted by Gasteiger charge is -2.40. The summed E-state index contributed by atoms with van der Waals surface area (Å²) in [7, 11) is 0. The second-order valence-electron chi connectivity index (χ2n) is 12.6. The van der Waals surface area contributed by atoms with Crippen molar-refractivity contribution in [3.63, 3.8) is 0 Å². The predicted molar refractivity (Wildman–Crippen MR) is 159 cm³/mol. The van der Waals surface area contributed by atoms with Gasteiger partial charge in [0.05, 0.1) is 12.0 Å². The summed E-state index contributed by atoms with van der Waals surface area (Å²) in [4.78, 5) is 19.8. The molecule has 0 aliphatic carbocycles. The van der Waals surface area contributed by atoms with E-state index >= 15 is 4.79 Å². The number of nitrogens with zero attached hydrogens (tertiary/aromatic N) is 2. The number of nitrogen functional groups attached to an aromatic ring is 1. The first-order chi connectivity index (χ1) is 20.9. The molecule has 0 unspecified atom stereocenters. The average molecular weight is 581 g/mol. The van der Waals surface area contributed by atoms with Gasteiger partial charge in [0.15, 0.2) is 23.0 Å². The molecule has 0 radical (unpaired) electrons. The van der Waals surface area contributed by atoms with Crippen molar-refractivity contribution in [1.29, 1.82) is 5.41 Å². The number of carbonyl (C=O) groups is 1. The number of rotatable bonds is 6. The van der Waals surface area contributed by atoms with E-state index in [1.54, 1.807) is 0 Å². The van der Waals surface area contributed by atoms with E-state index in [9.17, 15) is 0 Å². The van der Waals surface area contributed by atoms with Crippen molar-refractivity contribution in [3.8, 4) is 23.0 Å². The molecule has 9 nitrogen and oxygen atoms in total. The molecule has 5 atom stereocenters. The summed E-state index contributed by atoms with van der Waals surface area (Å²) >= 11 is 0. The van der Waals surface area contributed by atoms with Gasteiger partial charge >= 0.3 is 0 Å². The summed E-state index contributed by atoms with van der Waals surface area (Å²) in [6.07, 6.45) is 2.22. The molecule has 0 saturated carbocycles. The standard InChI is InChI=1S/C34H36N4O5/c1-18(2)30-28-23-4-3-13-37(23)32(19-5-7-20(8-6-19)33(35)36)29(28)34(39)38(30)31(21-9-11-24-26(14-21)42-16-40-24)22-10-12-25-27(15-22)43-17-41-25/h5-12,14-15,18,23,28-32H,3-4,13,16-17H2,1-2H3,(H3,35,36)/t23-,28-,29-,30+,32-/m1/s1. The van der Waals surface area contributed by atoms with Crippen LogP contribution >= 0.6 is 0 Å². The Labute approximate surface area is 251 Å². The van der Waals surface area contributed by atoms with Gasteiger partial charge in [-0.05, 0) is 66.3 Å². The Morgan fingerprint density at radius 3 is 2.07 bits per heavy atom. The topological polar surface area (TPSA) is 110 Å². The van der Waals surface area contributed by atoms with Crippen molar-refractivity contribution >= 4 is 11.7 Å². The first kappa shape index (κ1) is 26.4. The molecule has 0 spiro atoms. The molecule has 3 fully saturated rings. The fraction of sp³-hybridized carbons (Fsp3) is 0.412. The SMILES string of the molecule is CC(C)[C@H]1[C@H]2[C@@H](C(=O)N1C(c1ccc3c(c1)OCO3)c1ccc3c(c1)OCO3)[C@@H](c1ccc(C(=N)N)cc1)N1CCC[C@H]21. The highest BCUT2D eigenvalue weighted by atomic mass is 16.7. The number of benzene rings is 3. The van der Waals surface area contributed by atoms with Crippen LogP contribution in [0.1, 0.15) is 61.0 Å². The number of carbonyl (C=O) groups excluding carboxylic acids is 1. The van der Waals surface area contributed by atoms with Crippen LogP contribution in [0.15, 0.2) is 60.7 Å². The Kier molecular flexibility index (Phi) is 6.08. The highest BCUT2D eigenvalue weighted by Crippen LogP contribution is 2.58. The van der Waals surface area contributed by atoms with Crippen LogP contribution in [0, 0.1) is 23.2 Å². The number of amidine groups is 1. The molecule has 1 amide bonds. The summed E-state index contributed by atoms with van der Waals surface area (Å²) in [5.41, 5.74) is 9.54. The number of nitrogens with one attached hydrogen (secondary N) is 1. The van der Waals surface area contributed by atoms with Crippen molar-refractivity contribution in [2.75, 3.05) is 20.1 Å². The number of hydrogen-bond acceptors (Lipinski definition) is 7. The van der Waals surface area contributed by atoms with Gasteiger partial charge in [-0.3, -0.25) is 15.1 Å². The molecule has 0 aromatic heterocycles. The number of ether oxygens (including phenoxy) is 4. The van der Waals surface area contributed by atoms with Gasteiger partial charge < -0.3 is 29.6 Å². The summed E-state index contributed by atoms with van der Waals surface area (Å²) in [5, 5.41) is 7.86. The summed E-state index contributed by atoms with van der Waals surface area (Å²) < 4.78 is 22.9. The maximum Gasteiger partial charge on any atom is 0.231 e. The van der Waals surface area contributed by atoms with Gasteiger partial charge in [-0.1, -0.05) is 50.2 Å². The highest BCUT2D eigenvalue weighted by molar-refractivity contribution is 5.95. The van der Waals surface area contributed by atoms with E-state index in [0.717, 1.165) is 36.1 Å². The molecule has 8 rings (SSSR count). The molecule has 222 valence electrons. The van der Waals surface area contributed by atoms with E-state index in [0.29, 0.717) is 34.6 Å². The molecule has 43 heavy (non-hydrogen) atoms. The molecular weight excluding hydrogens is 544 g/mol. The molecule has 5 aliphatic heterocycles. The van der Waals surface area contributed by atoms with E-state index in [2.05, 4.69) is 47.9 Å². The third-order valence-electron chi connectivity index (χ3n) is 10.1. The van der Waals surface area contributed by atoms with Crippen LogP contribution in [-0.4, -0.2) is 53.8 Å². The zero-order valence-corrected chi connectivity index (χ0v) is 24.4. The number of hydrogen-bond donors (Lipinski definition) is 2. The zero-order valence-electron chi connectivity index (χ0n) is 24.4. The Morgan fingerprint density at radius 1 is 0.884 bits per heavy atom. The zero-order chi connectivity index (χ0) is 29.4. The van der Waals surface area contributed by atoms with E-state index in [-0.39, 0.29) is 61.2 Å². The van der Waals surface area contributed by atoms with E-state index in [1.165, 1.54) is 0 Å². The summed E-state index contributed by atoms with van der Waals surface area (Å²) in [6.45, 7) is 5.87. The molecular formula is C34H36N4O5. The van der Waals surface area contributed by atoms with Crippen LogP contribution < -0.4 is 24.7 Å². The second kappa shape index (κ2) is 9.91. The van der Waals surface area contributed by atoms with Gasteiger partial charge in [-0.2, -0.15) is 0 Å². The van der Waals surface area contributed by atoms with E-state index < -0.39 is 0 Å². The first-order valence-electron chi connectivity index (χ1n) is 15.2. The fourth-order valence-electron chi connectivity index (χ4n) is 8.48. The normalized spacial score (nSPS) is 26.9. The Balaban J connectivity index is 1.27. The Bertz CT molecular complexity index is 1550. The quantitative estimate of drug-likeness (QED) is 0.317. The molecule has 5 aliphatic rings. The van der Waals surface area contributed by atoms with Gasteiger partial charge in [0, 0.05) is 29.6 Å². The van der Waals surface area contributed by atoms with Crippen molar-refractivity contribution in [3.05, 3.63) is 82.9 Å². The minimum atomic E-state index is -0.343. The van der Waals surface area contributed by atoms with E-state index in [1.807, 2.05) is 36.4 Å². The van der Waals surface area contributed by atoms with Crippen molar-refractivity contribution in [2.24, 2.45) is 23.5 Å². The molecule has 9 heteroatoms. The van der Waals surface area contributed by atoms with Crippen molar-refractivity contribution in [2.45, 2.75) is 50.9 Å². The van der Waals surface area contributed by atoms with Gasteiger partial charge in [-0.25, -0.2) is 0 Å². The van der Waals surface area contributed by atoms with E-state index in [4.69, 9.17) is 30.1 Å². The monoisotopic (exact) mass is 580 g/mol. The average Bonchev–Trinajstić information content (AvgIpc) is 3.82. The van der Waals surface area contributed by atoms with Crippen LogP contribution in [0.5, 0.6) is 23.0 Å². The Hall–Kier alpha value is -4.24. The molecule has 5 heterocycles. The fourth-order valence-corrected chi connectivity index (χ4v) is 8.48. The molecule has 0 bridgehead atoms. The largest absolute Gasteiger partial charge is 0.454 e. The highest BCUT2D eigenvalue weighted by Gasteiger charge is 2.64. The lowest BCUT2D eigenvalue weighted by atomic mass is 9.78. The van der Waals surface area contributed by atoms with Crippen LogP contribution in [0.4, 0.5) is 0 Å². The molecule has 3 aromatic rings. The lowest BCUT2D eigenvalue weighted by Crippen LogP contribution is -2.46. The van der Waals surface area contributed by atoms with Crippen molar-refractivity contribution < 1.29 is 23.7 Å². The number of likely N-dealkylation sites (tertiary alicyclic amines) is 1. The molecule has 3 saturated heterocycles. The molecule has 3 N–H and O–H groups in total. The van der Waals surface area contributed by atoms with Gasteiger partial charge in [0.2, 0.25) is 19.5 Å². The van der Waals surface area contributed by atoms with Crippen LogP contribution in [-0.2, 0) is 4.79 Å². The van der Waals surface area contributed by atoms with Crippen molar-refractivity contribution in [1.82, 2.24) is 9.80 Å². The van der Waals surface area contributed by atoms with Crippen LogP contribution in [0.2, 0.25) is 0 Å². The van der Waals surface area contributed by atoms with Crippen LogP contribution in [0.3, 0.4) is 0 Å².